The average molecular weight is 392 g/mol. The number of para-hydroxylation sites is 1. The summed E-state index contributed by atoms with van der Waals surface area (Å²) in [5, 5.41) is 13.4. The number of rotatable bonds is 4. The maximum absolute atomic E-state index is 12.6. The lowest BCUT2D eigenvalue weighted by atomic mass is 10.1. The molecule has 0 aliphatic heterocycles. The van der Waals surface area contributed by atoms with Crippen LogP contribution in [-0.4, -0.2) is 15.5 Å². The quantitative estimate of drug-likeness (QED) is 0.384. The predicted octanol–water partition coefficient (Wildman–Crippen LogP) is 5.19. The number of pyridine rings is 1. The van der Waals surface area contributed by atoms with Crippen LogP contribution < -0.4 is 5.32 Å². The van der Waals surface area contributed by atoms with Crippen LogP contribution in [0.1, 0.15) is 17.0 Å². The second-order valence-corrected chi connectivity index (χ2v) is 7.03. The van der Waals surface area contributed by atoms with Crippen molar-refractivity contribution in [1.82, 2.24) is 9.55 Å². The van der Waals surface area contributed by atoms with Crippen LogP contribution in [0, 0.1) is 25.2 Å². The summed E-state index contributed by atoms with van der Waals surface area (Å²) >= 11 is 0. The van der Waals surface area contributed by atoms with Gasteiger partial charge in [-0.1, -0.05) is 24.3 Å². The van der Waals surface area contributed by atoms with Crippen LogP contribution in [0.25, 0.3) is 22.7 Å². The van der Waals surface area contributed by atoms with Crippen molar-refractivity contribution in [2.45, 2.75) is 13.8 Å². The largest absolute Gasteiger partial charge is 0.321 e. The van der Waals surface area contributed by atoms with E-state index in [0.29, 0.717) is 5.69 Å². The number of nitriles is 1. The Balaban J connectivity index is 1.69. The zero-order valence-corrected chi connectivity index (χ0v) is 16.8. The van der Waals surface area contributed by atoms with E-state index in [2.05, 4.69) is 20.9 Å². The highest BCUT2D eigenvalue weighted by Crippen LogP contribution is 2.25. The number of anilines is 1. The highest BCUT2D eigenvalue weighted by atomic mass is 16.1. The van der Waals surface area contributed by atoms with Crippen LogP contribution in [0.4, 0.5) is 5.69 Å². The lowest BCUT2D eigenvalue weighted by Crippen LogP contribution is -2.13. The number of amides is 1. The first kappa shape index (κ1) is 19.2. The Kier molecular flexibility index (Phi) is 5.15. The minimum atomic E-state index is -0.426. The van der Waals surface area contributed by atoms with Gasteiger partial charge in [-0.25, -0.2) is 0 Å². The normalized spacial score (nSPS) is 11.3. The molecule has 2 heterocycles. The van der Waals surface area contributed by atoms with E-state index in [1.54, 1.807) is 24.4 Å². The van der Waals surface area contributed by atoms with E-state index in [0.717, 1.165) is 33.5 Å². The number of nitrogens with zero attached hydrogens (tertiary/aromatic N) is 3. The average Bonchev–Trinajstić information content (AvgIpc) is 3.05. The molecular formula is C25H20N4O. The van der Waals surface area contributed by atoms with Gasteiger partial charge in [-0.15, -0.1) is 0 Å². The molecule has 146 valence electrons. The van der Waals surface area contributed by atoms with E-state index in [1.165, 1.54) is 0 Å². The molecule has 1 N–H and O–H groups in total. The van der Waals surface area contributed by atoms with Gasteiger partial charge in [0.2, 0.25) is 0 Å². The molecule has 30 heavy (non-hydrogen) atoms. The third kappa shape index (κ3) is 3.71. The van der Waals surface area contributed by atoms with E-state index in [-0.39, 0.29) is 5.57 Å². The molecule has 0 radical (unpaired) electrons. The van der Waals surface area contributed by atoms with Gasteiger partial charge in [-0.3, -0.25) is 9.78 Å². The molecule has 2 aromatic carbocycles. The van der Waals surface area contributed by atoms with Gasteiger partial charge in [0.15, 0.2) is 0 Å². The standard InChI is InChI=1S/C25H20N4O/c1-17-13-20(14-21(16-26)25(30)28-22-8-4-3-5-9-22)18(2)29(17)23-10-11-24-19(15-23)7-6-12-27-24/h3-15H,1-2H3,(H,28,30)/b21-14-. The van der Waals surface area contributed by atoms with Crippen LogP contribution in [0.3, 0.4) is 0 Å². The molecule has 5 nitrogen and oxygen atoms in total. The smallest absolute Gasteiger partial charge is 0.266 e. The summed E-state index contributed by atoms with van der Waals surface area (Å²) in [6, 6.07) is 23.2. The number of aryl methyl sites for hydroxylation is 1. The van der Waals surface area contributed by atoms with Gasteiger partial charge in [0, 0.05) is 34.3 Å². The number of aromatic nitrogens is 2. The molecule has 0 saturated carbocycles. The minimum absolute atomic E-state index is 0.0572. The van der Waals surface area contributed by atoms with Crippen molar-refractivity contribution in [3.8, 4) is 11.8 Å². The summed E-state index contributed by atoms with van der Waals surface area (Å²) < 4.78 is 2.11. The maximum atomic E-state index is 12.6. The fraction of sp³-hybridized carbons (Fsp3) is 0.0800. The zero-order valence-electron chi connectivity index (χ0n) is 16.8. The molecule has 0 aliphatic rings. The Labute approximate surface area is 174 Å². The van der Waals surface area contributed by atoms with E-state index in [9.17, 15) is 10.1 Å². The van der Waals surface area contributed by atoms with Crippen LogP contribution in [-0.2, 0) is 4.79 Å². The molecule has 5 heteroatoms. The van der Waals surface area contributed by atoms with Crippen LogP contribution >= 0.6 is 0 Å². The fourth-order valence-electron chi connectivity index (χ4n) is 3.56. The monoisotopic (exact) mass is 392 g/mol. The highest BCUT2D eigenvalue weighted by molar-refractivity contribution is 6.09. The van der Waals surface area contributed by atoms with E-state index >= 15 is 0 Å². The third-order valence-corrected chi connectivity index (χ3v) is 5.01. The summed E-state index contributed by atoms with van der Waals surface area (Å²) in [4.78, 5) is 16.9. The molecule has 0 spiro atoms. The van der Waals surface area contributed by atoms with E-state index in [4.69, 9.17) is 0 Å². The Morgan fingerprint density at radius 3 is 2.63 bits per heavy atom. The number of carbonyl (C=O) groups is 1. The molecule has 2 aromatic heterocycles. The number of carbonyl (C=O) groups excluding carboxylic acids is 1. The Hall–Kier alpha value is -4.17. The van der Waals surface area contributed by atoms with Crippen molar-refractivity contribution in [2.75, 3.05) is 5.32 Å². The fourth-order valence-corrected chi connectivity index (χ4v) is 3.56. The molecule has 0 aliphatic carbocycles. The summed E-state index contributed by atoms with van der Waals surface area (Å²) in [5.41, 5.74) is 5.46. The second-order valence-electron chi connectivity index (χ2n) is 7.03. The number of hydrogen-bond donors (Lipinski definition) is 1. The van der Waals surface area contributed by atoms with Crippen molar-refractivity contribution in [1.29, 1.82) is 5.26 Å². The van der Waals surface area contributed by atoms with Crippen LogP contribution in [0.5, 0.6) is 0 Å². The van der Waals surface area contributed by atoms with Crippen molar-refractivity contribution in [3.63, 3.8) is 0 Å². The highest BCUT2D eigenvalue weighted by Gasteiger charge is 2.14. The second kappa shape index (κ2) is 8.06. The molecule has 1 amide bonds. The Morgan fingerprint density at radius 1 is 1.07 bits per heavy atom. The number of benzene rings is 2. The first-order chi connectivity index (χ1) is 14.6. The molecule has 0 fully saturated rings. The minimum Gasteiger partial charge on any atom is -0.321 e. The Bertz CT molecular complexity index is 1310. The maximum Gasteiger partial charge on any atom is 0.266 e. The number of hydrogen-bond acceptors (Lipinski definition) is 3. The molecular weight excluding hydrogens is 372 g/mol. The Morgan fingerprint density at radius 2 is 1.87 bits per heavy atom. The summed E-state index contributed by atoms with van der Waals surface area (Å²) in [6.45, 7) is 3.99. The first-order valence-electron chi connectivity index (χ1n) is 9.59. The van der Waals surface area contributed by atoms with Crippen molar-refractivity contribution < 1.29 is 4.79 Å². The first-order valence-corrected chi connectivity index (χ1v) is 9.59. The predicted molar refractivity (Wildman–Crippen MR) is 119 cm³/mol. The lowest BCUT2D eigenvalue weighted by Gasteiger charge is -2.10. The third-order valence-electron chi connectivity index (χ3n) is 5.01. The van der Waals surface area contributed by atoms with Gasteiger partial charge in [0.05, 0.1) is 5.52 Å². The van der Waals surface area contributed by atoms with Gasteiger partial charge in [-0.05, 0) is 68.0 Å². The molecule has 4 rings (SSSR count). The summed E-state index contributed by atoms with van der Waals surface area (Å²) in [6.07, 6.45) is 3.42. The molecule has 0 atom stereocenters. The molecule has 0 unspecified atom stereocenters. The van der Waals surface area contributed by atoms with E-state index in [1.807, 2.05) is 68.4 Å². The van der Waals surface area contributed by atoms with Gasteiger partial charge in [0.1, 0.15) is 11.6 Å². The van der Waals surface area contributed by atoms with Crippen molar-refractivity contribution >= 4 is 28.6 Å². The number of fused-ring (bicyclic) bond motifs is 1. The van der Waals surface area contributed by atoms with Crippen LogP contribution in [0.15, 0.2) is 78.5 Å². The molecule has 0 bridgehead atoms. The lowest BCUT2D eigenvalue weighted by molar-refractivity contribution is -0.112. The molecule has 0 saturated heterocycles. The summed E-state index contributed by atoms with van der Waals surface area (Å²) in [5.74, 6) is -0.426. The summed E-state index contributed by atoms with van der Waals surface area (Å²) in [7, 11) is 0. The SMILES string of the molecule is Cc1cc(/C=C(/C#N)C(=O)Nc2ccccc2)c(C)n1-c1ccc2ncccc2c1. The number of nitrogens with one attached hydrogen (secondary N) is 1. The topological polar surface area (TPSA) is 70.7 Å². The van der Waals surface area contributed by atoms with Gasteiger partial charge in [0.25, 0.3) is 5.91 Å². The van der Waals surface area contributed by atoms with E-state index < -0.39 is 5.91 Å². The van der Waals surface area contributed by atoms with Gasteiger partial charge < -0.3 is 9.88 Å². The molecule has 4 aromatic rings. The van der Waals surface area contributed by atoms with Crippen molar-refractivity contribution in [2.24, 2.45) is 0 Å². The van der Waals surface area contributed by atoms with Crippen LogP contribution in [0.2, 0.25) is 0 Å². The van der Waals surface area contributed by atoms with Gasteiger partial charge in [-0.2, -0.15) is 5.26 Å². The zero-order chi connectivity index (χ0) is 21.1. The van der Waals surface area contributed by atoms with Crippen molar-refractivity contribution in [3.05, 3.63) is 95.5 Å². The van der Waals surface area contributed by atoms with Gasteiger partial charge >= 0.3 is 0 Å².